The second-order valence-electron chi connectivity index (χ2n) is 17.6. The van der Waals surface area contributed by atoms with Gasteiger partial charge in [-0.2, -0.15) is 0 Å². The molecule has 0 spiro atoms. The Balaban J connectivity index is 1.08. The van der Waals surface area contributed by atoms with E-state index < -0.39 is 5.97 Å². The van der Waals surface area contributed by atoms with Crippen molar-refractivity contribution in [2.45, 2.75) is 32.9 Å². The summed E-state index contributed by atoms with van der Waals surface area (Å²) in [6.45, 7) is 2.09. The van der Waals surface area contributed by atoms with Crippen LogP contribution in [0.4, 0.5) is 11.4 Å². The maximum absolute atomic E-state index is 14.4. The summed E-state index contributed by atoms with van der Waals surface area (Å²) in [6.07, 6.45) is 1.37. The number of phenols is 1. The number of fused-ring (bicyclic) bond motifs is 4. The van der Waals surface area contributed by atoms with Gasteiger partial charge in [0.05, 0.1) is 44.1 Å². The number of nitrogens with zero attached hydrogens (tertiary/aromatic N) is 2. The summed E-state index contributed by atoms with van der Waals surface area (Å²) in [4.78, 5) is 37.5. The first-order valence-corrected chi connectivity index (χ1v) is 23.8. The van der Waals surface area contributed by atoms with Crippen LogP contribution in [0.3, 0.4) is 0 Å². The first-order chi connectivity index (χ1) is 34.7. The van der Waals surface area contributed by atoms with E-state index >= 15 is 0 Å². The molecular formula is C61H45ClN4O5. The molecule has 4 N–H and O–H groups in total. The van der Waals surface area contributed by atoms with E-state index in [1.165, 1.54) is 6.07 Å². The number of aromatic hydroxyl groups is 1. The van der Waals surface area contributed by atoms with Gasteiger partial charge in [-0.3, -0.25) is 14.8 Å². The van der Waals surface area contributed by atoms with Crippen molar-refractivity contribution in [3.05, 3.63) is 231 Å². The summed E-state index contributed by atoms with van der Waals surface area (Å²) in [6, 6.07) is 58.3. The molecule has 346 valence electrons. The molecule has 0 amide bonds. The molecule has 1 aliphatic carbocycles. The van der Waals surface area contributed by atoms with Crippen molar-refractivity contribution in [1.29, 1.82) is 0 Å². The zero-order valence-electron chi connectivity index (χ0n) is 38.5. The van der Waals surface area contributed by atoms with E-state index in [0.29, 0.717) is 45.3 Å². The predicted molar refractivity (Wildman–Crippen MR) is 286 cm³/mol. The van der Waals surface area contributed by atoms with E-state index in [1.807, 2.05) is 78.9 Å². The van der Waals surface area contributed by atoms with Crippen LogP contribution >= 0.6 is 11.6 Å². The summed E-state index contributed by atoms with van der Waals surface area (Å²) in [5, 5.41) is 32.1. The molecule has 1 aliphatic heterocycles. The molecule has 0 fully saturated rings. The molecule has 9 aromatic rings. The van der Waals surface area contributed by atoms with Crippen LogP contribution in [0.25, 0.3) is 77.5 Å². The van der Waals surface area contributed by atoms with Gasteiger partial charge in [0.1, 0.15) is 17.1 Å². The van der Waals surface area contributed by atoms with Gasteiger partial charge in [-0.05, 0) is 100 Å². The van der Waals surface area contributed by atoms with Gasteiger partial charge in [-0.25, -0.2) is 4.79 Å². The fourth-order valence-corrected chi connectivity index (χ4v) is 9.76. The van der Waals surface area contributed by atoms with Gasteiger partial charge in [0, 0.05) is 58.2 Å². The van der Waals surface area contributed by atoms with Crippen molar-refractivity contribution in [2.24, 2.45) is 0 Å². The Morgan fingerprint density at radius 3 is 1.79 bits per heavy atom. The van der Waals surface area contributed by atoms with Crippen molar-refractivity contribution in [2.75, 3.05) is 10.6 Å². The maximum atomic E-state index is 14.4. The number of aryl methyl sites for hydroxylation is 1. The Morgan fingerprint density at radius 2 is 1.17 bits per heavy atom. The molecule has 2 aromatic heterocycles. The number of hydrogen-bond acceptors (Lipinski definition) is 8. The topological polar surface area (TPSA) is 138 Å². The van der Waals surface area contributed by atoms with E-state index in [2.05, 4.69) is 78.2 Å². The van der Waals surface area contributed by atoms with Gasteiger partial charge in [0.2, 0.25) is 0 Å². The number of anilines is 2. The number of carboxylic acid groups (broad SMARTS) is 1. The highest BCUT2D eigenvalue weighted by molar-refractivity contribution is 6.33. The molecule has 2 aliphatic rings. The van der Waals surface area contributed by atoms with E-state index in [1.54, 1.807) is 36.4 Å². The molecule has 3 heterocycles. The molecule has 0 unspecified atom stereocenters. The molecule has 7 aromatic carbocycles. The maximum Gasteiger partial charge on any atom is 0.336 e. The molecule has 0 atom stereocenters. The minimum Gasteiger partial charge on any atom is -0.506 e. The minimum atomic E-state index is -1.13. The van der Waals surface area contributed by atoms with Crippen LogP contribution in [-0.4, -0.2) is 26.2 Å². The third kappa shape index (κ3) is 8.68. The SMILES string of the molecule is CCc1ccc2cc(-c3ccccc3)cc(NCc3c(O)c(Cl)cc4c(-c5ccccc5C(=O)O)c5ccc(=O)c(CNc6cc(-c7ccccc7)cc7ccc(Cc8ccccc8)nc67)c-5oc34)c2n1. The number of hydrogen-bond donors (Lipinski definition) is 4. The Bertz CT molecular complexity index is 3860. The van der Waals surface area contributed by atoms with Crippen molar-refractivity contribution in [3.8, 4) is 50.5 Å². The van der Waals surface area contributed by atoms with Crippen molar-refractivity contribution in [1.82, 2.24) is 9.97 Å². The summed E-state index contributed by atoms with van der Waals surface area (Å²) < 4.78 is 6.97. The highest BCUT2D eigenvalue weighted by Crippen LogP contribution is 2.47. The number of rotatable bonds is 13. The lowest BCUT2D eigenvalue weighted by molar-refractivity contribution is 0.0697. The van der Waals surface area contributed by atoms with E-state index in [4.69, 9.17) is 26.0 Å². The number of halogens is 1. The lowest BCUT2D eigenvalue weighted by Gasteiger charge is -2.22. The molecule has 11 rings (SSSR count). The Labute approximate surface area is 414 Å². The van der Waals surface area contributed by atoms with Crippen molar-refractivity contribution < 1.29 is 19.4 Å². The Morgan fingerprint density at radius 1 is 0.606 bits per heavy atom. The van der Waals surface area contributed by atoms with Gasteiger partial charge in [0.15, 0.2) is 5.43 Å². The van der Waals surface area contributed by atoms with E-state index in [-0.39, 0.29) is 46.2 Å². The van der Waals surface area contributed by atoms with E-state index in [0.717, 1.165) is 73.1 Å². The molecule has 9 nitrogen and oxygen atoms in total. The summed E-state index contributed by atoms with van der Waals surface area (Å²) in [5.41, 5.74) is 11.8. The molecule has 0 bridgehead atoms. The zero-order valence-corrected chi connectivity index (χ0v) is 39.3. The summed E-state index contributed by atoms with van der Waals surface area (Å²) in [7, 11) is 0. The quantitative estimate of drug-likeness (QED) is 0.0832. The van der Waals surface area contributed by atoms with Gasteiger partial charge in [0.25, 0.3) is 0 Å². The summed E-state index contributed by atoms with van der Waals surface area (Å²) in [5.74, 6) is -1.13. The standard InChI is InChI=1S/C61H45ClN4O5/c1-2-43-24-22-39-29-41(37-16-8-4-9-17-37)31-52(56(39)65-43)64-35-50-58(68)51(62)33-48-55(45-20-12-13-21-46(45)61(69)70)47-26-27-54(67)49(59(47)71-60(48)50)34-63-53-32-42(38-18-10-5-11-19-38)30-40-23-25-44(66-57(40)53)28-36-14-6-3-7-15-36/h3-27,29-33,63-64,68H,2,28,34-35H2,1H3,(H,69,70). The molecule has 0 saturated heterocycles. The van der Waals surface area contributed by atoms with Crippen LogP contribution in [0.5, 0.6) is 5.75 Å². The molecule has 71 heavy (non-hydrogen) atoms. The lowest BCUT2D eigenvalue weighted by atomic mass is 9.88. The first kappa shape index (κ1) is 44.7. The molecule has 0 radical (unpaired) electrons. The van der Waals surface area contributed by atoms with Crippen LogP contribution in [0.15, 0.2) is 191 Å². The van der Waals surface area contributed by atoms with E-state index in [9.17, 15) is 19.8 Å². The van der Waals surface area contributed by atoms with Crippen LogP contribution in [0, 0.1) is 0 Å². The highest BCUT2D eigenvalue weighted by Gasteiger charge is 2.28. The average Bonchev–Trinajstić information content (AvgIpc) is 3.40. The van der Waals surface area contributed by atoms with Gasteiger partial charge >= 0.3 is 5.97 Å². The second-order valence-corrected chi connectivity index (χ2v) is 18.0. The normalized spacial score (nSPS) is 11.4. The largest absolute Gasteiger partial charge is 0.506 e. The molecule has 10 heteroatoms. The number of carboxylic acids is 1. The highest BCUT2D eigenvalue weighted by atomic mass is 35.5. The fraction of sp³-hybridized carbons (Fsp3) is 0.0820. The minimum absolute atomic E-state index is 0.0139. The number of benzene rings is 8. The van der Waals surface area contributed by atoms with Gasteiger partial charge in [-0.1, -0.05) is 140 Å². The number of aromatic nitrogens is 2. The Hall–Kier alpha value is -8.79. The second kappa shape index (κ2) is 19.0. The lowest BCUT2D eigenvalue weighted by Crippen LogP contribution is -2.15. The monoisotopic (exact) mass is 948 g/mol. The third-order valence-electron chi connectivity index (χ3n) is 13.1. The van der Waals surface area contributed by atoms with Crippen molar-refractivity contribution >= 4 is 61.7 Å². The van der Waals surface area contributed by atoms with Gasteiger partial charge in [-0.15, -0.1) is 0 Å². The first-order valence-electron chi connectivity index (χ1n) is 23.5. The van der Waals surface area contributed by atoms with Gasteiger partial charge < -0.3 is 25.3 Å². The summed E-state index contributed by atoms with van der Waals surface area (Å²) >= 11 is 6.95. The number of phenolic OH excluding ortho intramolecular Hbond substituents is 1. The molecule has 0 saturated carbocycles. The molecular weight excluding hydrogens is 904 g/mol. The van der Waals surface area contributed by atoms with Crippen LogP contribution in [0.1, 0.15) is 45.4 Å². The number of carbonyl (C=O) groups is 1. The van der Waals surface area contributed by atoms with Crippen molar-refractivity contribution in [3.63, 3.8) is 0 Å². The van der Waals surface area contributed by atoms with Crippen LogP contribution < -0.4 is 16.1 Å². The number of nitrogens with one attached hydrogen (secondary N) is 2. The predicted octanol–water partition coefficient (Wildman–Crippen LogP) is 14.4. The average molecular weight is 950 g/mol. The number of pyridine rings is 2. The Kier molecular flexibility index (Phi) is 11.9. The zero-order chi connectivity index (χ0) is 48.6. The van der Waals surface area contributed by atoms with Crippen LogP contribution in [0.2, 0.25) is 5.02 Å². The smallest absolute Gasteiger partial charge is 0.336 e. The number of aromatic carboxylic acids is 1. The fourth-order valence-electron chi connectivity index (χ4n) is 9.54. The third-order valence-corrected chi connectivity index (χ3v) is 13.4. The van der Waals surface area contributed by atoms with Crippen LogP contribution in [-0.2, 0) is 25.9 Å².